The van der Waals surface area contributed by atoms with Crippen LogP contribution >= 0.6 is 0 Å². The molecule has 7 nitrogen and oxygen atoms in total. The number of anilines is 1. The Balaban J connectivity index is 1.18. The lowest BCUT2D eigenvalue weighted by Crippen LogP contribution is -2.47. The fourth-order valence-corrected chi connectivity index (χ4v) is 4.33. The van der Waals surface area contributed by atoms with Gasteiger partial charge in [-0.2, -0.15) is 0 Å². The zero-order valence-corrected chi connectivity index (χ0v) is 16.7. The lowest BCUT2D eigenvalue weighted by molar-refractivity contribution is -0.132. The molecule has 2 aliphatic rings. The Kier molecular flexibility index (Phi) is 5.90. The summed E-state index contributed by atoms with van der Waals surface area (Å²) in [6, 6.07) is 10.6. The molecule has 0 saturated carbocycles. The molecule has 3 heterocycles. The molecule has 0 aliphatic carbocycles. The van der Waals surface area contributed by atoms with Gasteiger partial charge < -0.3 is 14.4 Å². The summed E-state index contributed by atoms with van der Waals surface area (Å²) in [6.45, 7) is 6.64. The maximum Gasteiger partial charge on any atom is 0.223 e. The minimum Gasteiger partial charge on any atom is -0.369 e. The quantitative estimate of drug-likeness (QED) is 0.788. The minimum atomic E-state index is 0.293. The van der Waals surface area contributed by atoms with E-state index in [-0.39, 0.29) is 0 Å². The van der Waals surface area contributed by atoms with E-state index in [1.807, 2.05) is 16.5 Å². The number of likely N-dealkylation sites (tertiary alicyclic amines) is 1. The van der Waals surface area contributed by atoms with Crippen molar-refractivity contribution in [2.75, 3.05) is 50.7 Å². The van der Waals surface area contributed by atoms with Crippen LogP contribution < -0.4 is 4.90 Å². The molecule has 4 rings (SSSR count). The predicted molar refractivity (Wildman–Crippen MR) is 109 cm³/mol. The summed E-state index contributed by atoms with van der Waals surface area (Å²) in [5, 5.41) is 8.21. The summed E-state index contributed by atoms with van der Waals surface area (Å²) >= 11 is 0. The van der Waals surface area contributed by atoms with Gasteiger partial charge in [-0.15, -0.1) is 10.2 Å². The number of carbonyl (C=O) groups is 1. The molecule has 0 radical (unpaired) electrons. The van der Waals surface area contributed by atoms with E-state index in [0.29, 0.717) is 18.2 Å². The Morgan fingerprint density at radius 1 is 1.04 bits per heavy atom. The van der Waals surface area contributed by atoms with Gasteiger partial charge in [-0.05, 0) is 25.0 Å². The van der Waals surface area contributed by atoms with E-state index in [1.54, 1.807) is 6.33 Å². The molecule has 2 fully saturated rings. The Labute approximate surface area is 166 Å². The number of benzene rings is 1. The standard InChI is InChI=1S/C21H30N6O/c1-24-17-22-23-21(24)18-7-11-27(12-8-18)20(28)9-10-25-13-15-26(16-14-25)19-5-3-2-4-6-19/h2-6,17-18H,7-16H2,1H3. The molecule has 0 atom stereocenters. The first kappa shape index (κ1) is 18.9. The molecule has 2 aliphatic heterocycles. The molecular formula is C21H30N6O. The van der Waals surface area contributed by atoms with Crippen molar-refractivity contribution >= 4 is 11.6 Å². The number of rotatable bonds is 5. The first-order valence-corrected chi connectivity index (χ1v) is 10.3. The van der Waals surface area contributed by atoms with E-state index in [4.69, 9.17) is 0 Å². The number of amides is 1. The van der Waals surface area contributed by atoms with Crippen molar-refractivity contribution in [1.82, 2.24) is 24.6 Å². The molecule has 1 amide bonds. The van der Waals surface area contributed by atoms with Crippen LogP contribution in [0.15, 0.2) is 36.7 Å². The number of nitrogens with zero attached hydrogens (tertiary/aromatic N) is 6. The van der Waals surface area contributed by atoms with Gasteiger partial charge in [0.05, 0.1) is 0 Å². The van der Waals surface area contributed by atoms with Crippen molar-refractivity contribution in [1.29, 1.82) is 0 Å². The molecule has 1 aromatic carbocycles. The van der Waals surface area contributed by atoms with Crippen molar-refractivity contribution in [3.8, 4) is 0 Å². The largest absolute Gasteiger partial charge is 0.369 e. The van der Waals surface area contributed by atoms with Crippen LogP contribution in [-0.2, 0) is 11.8 Å². The number of aromatic nitrogens is 3. The number of aryl methyl sites for hydroxylation is 1. The smallest absolute Gasteiger partial charge is 0.223 e. The first-order chi connectivity index (χ1) is 13.7. The summed E-state index contributed by atoms with van der Waals surface area (Å²) in [4.78, 5) is 19.5. The predicted octanol–water partition coefficient (Wildman–Crippen LogP) is 1.73. The zero-order chi connectivity index (χ0) is 19.3. The maximum atomic E-state index is 12.6. The van der Waals surface area contributed by atoms with Crippen molar-refractivity contribution in [3.63, 3.8) is 0 Å². The molecule has 150 valence electrons. The van der Waals surface area contributed by atoms with Crippen LogP contribution in [0.4, 0.5) is 5.69 Å². The third kappa shape index (κ3) is 4.35. The van der Waals surface area contributed by atoms with Gasteiger partial charge in [0, 0.05) is 70.9 Å². The van der Waals surface area contributed by atoms with Gasteiger partial charge in [-0.25, -0.2) is 0 Å². The van der Waals surface area contributed by atoms with Crippen molar-refractivity contribution in [2.24, 2.45) is 7.05 Å². The Hall–Kier alpha value is -2.41. The SMILES string of the molecule is Cn1cnnc1C1CCN(C(=O)CCN2CCN(c3ccccc3)CC2)CC1. The summed E-state index contributed by atoms with van der Waals surface area (Å²) in [7, 11) is 1.99. The zero-order valence-electron chi connectivity index (χ0n) is 16.7. The second-order valence-electron chi connectivity index (χ2n) is 7.87. The number of hydrogen-bond acceptors (Lipinski definition) is 5. The Morgan fingerprint density at radius 3 is 2.39 bits per heavy atom. The molecule has 0 N–H and O–H groups in total. The molecular weight excluding hydrogens is 352 g/mol. The van der Waals surface area contributed by atoms with Gasteiger partial charge in [0.25, 0.3) is 0 Å². The summed E-state index contributed by atoms with van der Waals surface area (Å²) in [5.74, 6) is 1.76. The molecule has 0 bridgehead atoms. The summed E-state index contributed by atoms with van der Waals surface area (Å²) in [5.41, 5.74) is 1.30. The fraction of sp³-hybridized carbons (Fsp3) is 0.571. The number of para-hydroxylation sites is 1. The molecule has 0 spiro atoms. The van der Waals surface area contributed by atoms with Crippen molar-refractivity contribution in [2.45, 2.75) is 25.2 Å². The highest BCUT2D eigenvalue weighted by Gasteiger charge is 2.26. The van der Waals surface area contributed by atoms with E-state index >= 15 is 0 Å². The van der Waals surface area contributed by atoms with Gasteiger partial charge in [0.2, 0.25) is 5.91 Å². The van der Waals surface area contributed by atoms with Gasteiger partial charge in [-0.3, -0.25) is 9.69 Å². The van der Waals surface area contributed by atoms with Crippen molar-refractivity contribution in [3.05, 3.63) is 42.5 Å². The monoisotopic (exact) mass is 382 g/mol. The second kappa shape index (κ2) is 8.73. The highest BCUT2D eigenvalue weighted by molar-refractivity contribution is 5.76. The maximum absolute atomic E-state index is 12.6. The van der Waals surface area contributed by atoms with E-state index < -0.39 is 0 Å². The third-order valence-corrected chi connectivity index (χ3v) is 6.09. The number of piperidine rings is 1. The molecule has 28 heavy (non-hydrogen) atoms. The van der Waals surface area contributed by atoms with E-state index in [1.165, 1.54) is 5.69 Å². The summed E-state index contributed by atoms with van der Waals surface area (Å²) in [6.07, 6.45) is 4.34. The lowest BCUT2D eigenvalue weighted by Gasteiger charge is -2.36. The molecule has 1 aromatic heterocycles. The number of carbonyl (C=O) groups excluding carboxylic acids is 1. The van der Waals surface area contributed by atoms with Crippen molar-refractivity contribution < 1.29 is 4.79 Å². The van der Waals surface area contributed by atoms with Gasteiger partial charge in [0.15, 0.2) is 0 Å². The molecule has 7 heteroatoms. The van der Waals surface area contributed by atoms with Gasteiger partial charge in [-0.1, -0.05) is 18.2 Å². The van der Waals surface area contributed by atoms with Crippen LogP contribution in [0.25, 0.3) is 0 Å². The number of hydrogen-bond donors (Lipinski definition) is 0. The normalized spacial score (nSPS) is 19.2. The average molecular weight is 383 g/mol. The van der Waals surface area contributed by atoms with E-state index in [9.17, 15) is 4.79 Å². The first-order valence-electron chi connectivity index (χ1n) is 10.3. The van der Waals surface area contributed by atoms with Gasteiger partial charge >= 0.3 is 0 Å². The Morgan fingerprint density at radius 2 is 1.75 bits per heavy atom. The molecule has 0 unspecified atom stereocenters. The second-order valence-corrected chi connectivity index (χ2v) is 7.87. The van der Waals surface area contributed by atoms with Gasteiger partial charge in [0.1, 0.15) is 12.2 Å². The van der Waals surface area contributed by atoms with Crippen LogP contribution in [0.5, 0.6) is 0 Å². The highest BCUT2D eigenvalue weighted by Crippen LogP contribution is 2.26. The van der Waals surface area contributed by atoms with E-state index in [2.05, 4.69) is 50.3 Å². The fourth-order valence-electron chi connectivity index (χ4n) is 4.33. The topological polar surface area (TPSA) is 57.5 Å². The molecule has 2 saturated heterocycles. The van der Waals surface area contributed by atoms with Crippen LogP contribution in [0.2, 0.25) is 0 Å². The summed E-state index contributed by atoms with van der Waals surface area (Å²) < 4.78 is 2.00. The van der Waals surface area contributed by atoms with Crippen LogP contribution in [0.1, 0.15) is 31.0 Å². The molecule has 2 aromatic rings. The Bertz CT molecular complexity index is 760. The van der Waals surface area contributed by atoms with Crippen LogP contribution in [-0.4, -0.2) is 76.3 Å². The average Bonchev–Trinajstić information content (AvgIpc) is 3.19. The third-order valence-electron chi connectivity index (χ3n) is 6.09. The highest BCUT2D eigenvalue weighted by atomic mass is 16.2. The van der Waals surface area contributed by atoms with Crippen LogP contribution in [0, 0.1) is 0 Å². The minimum absolute atomic E-state index is 0.293. The number of piperazine rings is 1. The van der Waals surface area contributed by atoms with Crippen LogP contribution in [0.3, 0.4) is 0 Å². The van der Waals surface area contributed by atoms with E-state index in [0.717, 1.165) is 64.5 Å². The lowest BCUT2D eigenvalue weighted by atomic mass is 9.95.